The molecule has 3 rings (SSSR count). The lowest BCUT2D eigenvalue weighted by atomic mass is 10.2. The summed E-state index contributed by atoms with van der Waals surface area (Å²) in [5.41, 5.74) is 1.09. The quantitative estimate of drug-likeness (QED) is 0.627. The molecule has 0 saturated carbocycles. The lowest BCUT2D eigenvalue weighted by Crippen LogP contribution is -1.83. The Labute approximate surface area is 121 Å². The van der Waals surface area contributed by atoms with Gasteiger partial charge in [0.25, 0.3) is 0 Å². The molecule has 0 aliphatic heterocycles. The monoisotopic (exact) mass is 280 g/mol. The number of carbonyl (C=O) groups is 1. The Morgan fingerprint density at radius 2 is 1.50 bits per heavy atom. The van der Waals surface area contributed by atoms with Crippen LogP contribution in [0.5, 0.6) is 11.5 Å². The topological polar surface area (TPSA) is 26.3 Å². The van der Waals surface area contributed by atoms with Crippen LogP contribution in [-0.4, -0.2) is 6.29 Å². The third kappa shape index (κ3) is 2.78. The van der Waals surface area contributed by atoms with Crippen LogP contribution >= 0.6 is 11.3 Å². The van der Waals surface area contributed by atoms with E-state index in [0.29, 0.717) is 0 Å². The fourth-order valence-corrected chi connectivity index (χ4v) is 2.71. The first-order valence-corrected chi connectivity index (χ1v) is 7.05. The number of ether oxygens (including phenoxy) is 1. The highest BCUT2D eigenvalue weighted by Gasteiger charge is 2.03. The van der Waals surface area contributed by atoms with E-state index >= 15 is 0 Å². The molecule has 0 saturated heterocycles. The van der Waals surface area contributed by atoms with Gasteiger partial charge in [-0.25, -0.2) is 0 Å². The average Bonchev–Trinajstić information content (AvgIpc) is 2.98. The van der Waals surface area contributed by atoms with E-state index < -0.39 is 0 Å². The first kappa shape index (κ1) is 12.6. The van der Waals surface area contributed by atoms with Gasteiger partial charge in [-0.15, -0.1) is 11.3 Å². The highest BCUT2D eigenvalue weighted by molar-refractivity contribution is 7.17. The second-order valence-electron chi connectivity index (χ2n) is 4.26. The van der Waals surface area contributed by atoms with Crippen molar-refractivity contribution in [2.24, 2.45) is 0 Å². The molecule has 0 fully saturated rings. The molecule has 0 aliphatic carbocycles. The fraction of sp³-hybridized carbons (Fsp3) is 0. The molecule has 0 unspecified atom stereocenters. The van der Waals surface area contributed by atoms with Crippen molar-refractivity contribution >= 4 is 17.6 Å². The molecule has 2 nitrogen and oxygen atoms in total. The Kier molecular flexibility index (Phi) is 3.61. The third-order valence-corrected chi connectivity index (χ3v) is 3.92. The van der Waals surface area contributed by atoms with E-state index in [1.807, 2.05) is 66.7 Å². The minimum atomic E-state index is 0.740. The fourth-order valence-electron chi connectivity index (χ4n) is 1.88. The van der Waals surface area contributed by atoms with Crippen molar-refractivity contribution in [1.82, 2.24) is 0 Å². The van der Waals surface area contributed by atoms with Crippen LogP contribution in [0, 0.1) is 0 Å². The van der Waals surface area contributed by atoms with Gasteiger partial charge in [0.05, 0.1) is 4.88 Å². The average molecular weight is 280 g/mol. The van der Waals surface area contributed by atoms with Gasteiger partial charge in [-0.1, -0.05) is 18.2 Å². The van der Waals surface area contributed by atoms with Gasteiger partial charge in [-0.05, 0) is 54.1 Å². The molecule has 0 N–H and O–H groups in total. The summed E-state index contributed by atoms with van der Waals surface area (Å²) in [6.45, 7) is 0. The number of thiophene rings is 1. The van der Waals surface area contributed by atoms with E-state index in [1.54, 1.807) is 0 Å². The van der Waals surface area contributed by atoms with Gasteiger partial charge < -0.3 is 4.74 Å². The summed E-state index contributed by atoms with van der Waals surface area (Å²) in [6.07, 6.45) is 0.876. The molecular formula is C17H12O2S. The number of hydrogen-bond acceptors (Lipinski definition) is 3. The molecule has 0 spiro atoms. The maximum Gasteiger partial charge on any atom is 0.160 e. The lowest BCUT2D eigenvalue weighted by Gasteiger charge is -2.05. The summed E-state index contributed by atoms with van der Waals surface area (Å²) in [5, 5.41) is 0. The molecule has 0 aliphatic rings. The van der Waals surface area contributed by atoms with Crippen molar-refractivity contribution < 1.29 is 9.53 Å². The van der Waals surface area contributed by atoms with Crippen LogP contribution in [-0.2, 0) is 0 Å². The first-order valence-electron chi connectivity index (χ1n) is 6.23. The van der Waals surface area contributed by atoms with Gasteiger partial charge in [0.1, 0.15) is 11.5 Å². The lowest BCUT2D eigenvalue weighted by molar-refractivity contribution is 0.112. The first-order chi connectivity index (χ1) is 9.85. The number of aldehydes is 1. The van der Waals surface area contributed by atoms with E-state index in [9.17, 15) is 4.79 Å². The summed E-state index contributed by atoms with van der Waals surface area (Å²) in [4.78, 5) is 12.5. The van der Waals surface area contributed by atoms with Crippen molar-refractivity contribution in [3.05, 3.63) is 71.6 Å². The van der Waals surface area contributed by atoms with Crippen LogP contribution in [0.15, 0.2) is 66.7 Å². The Morgan fingerprint density at radius 1 is 0.800 bits per heavy atom. The zero-order valence-corrected chi connectivity index (χ0v) is 11.5. The number of hydrogen-bond donors (Lipinski definition) is 0. The Bertz CT molecular complexity index is 699. The Morgan fingerprint density at radius 3 is 2.15 bits per heavy atom. The van der Waals surface area contributed by atoms with Crippen LogP contribution in [0.4, 0.5) is 0 Å². The van der Waals surface area contributed by atoms with Crippen molar-refractivity contribution in [1.29, 1.82) is 0 Å². The standard InChI is InChI=1S/C17H12O2S/c18-12-16-10-11-17(20-16)13-6-8-15(9-7-13)19-14-4-2-1-3-5-14/h1-12H. The van der Waals surface area contributed by atoms with Gasteiger partial charge >= 0.3 is 0 Å². The van der Waals surface area contributed by atoms with Crippen molar-refractivity contribution in [3.8, 4) is 21.9 Å². The van der Waals surface area contributed by atoms with E-state index in [2.05, 4.69) is 0 Å². The van der Waals surface area contributed by atoms with Gasteiger partial charge in [0, 0.05) is 4.88 Å². The van der Waals surface area contributed by atoms with Crippen molar-refractivity contribution in [2.75, 3.05) is 0 Å². The van der Waals surface area contributed by atoms with Crippen LogP contribution in [0.25, 0.3) is 10.4 Å². The number of rotatable bonds is 4. The molecule has 20 heavy (non-hydrogen) atoms. The highest BCUT2D eigenvalue weighted by Crippen LogP contribution is 2.29. The van der Waals surface area contributed by atoms with E-state index in [-0.39, 0.29) is 0 Å². The van der Waals surface area contributed by atoms with Gasteiger partial charge in [-0.3, -0.25) is 4.79 Å². The Hall–Kier alpha value is -2.39. The third-order valence-electron chi connectivity index (χ3n) is 2.86. The predicted molar refractivity (Wildman–Crippen MR) is 81.7 cm³/mol. The van der Waals surface area contributed by atoms with Crippen LogP contribution in [0.3, 0.4) is 0 Å². The molecule has 1 aromatic heterocycles. The molecule has 0 bridgehead atoms. The second-order valence-corrected chi connectivity index (χ2v) is 5.37. The maximum atomic E-state index is 10.7. The summed E-state index contributed by atoms with van der Waals surface area (Å²) >= 11 is 1.49. The van der Waals surface area contributed by atoms with Gasteiger partial charge in [-0.2, -0.15) is 0 Å². The van der Waals surface area contributed by atoms with E-state index in [0.717, 1.165) is 33.1 Å². The number of benzene rings is 2. The van der Waals surface area contributed by atoms with Crippen molar-refractivity contribution in [3.63, 3.8) is 0 Å². The molecular weight excluding hydrogens is 268 g/mol. The summed E-state index contributed by atoms with van der Waals surface area (Å²) in [7, 11) is 0. The minimum absolute atomic E-state index is 0.740. The Balaban J connectivity index is 1.79. The van der Waals surface area contributed by atoms with Gasteiger partial charge in [0.15, 0.2) is 6.29 Å². The van der Waals surface area contributed by atoms with Crippen LogP contribution in [0.1, 0.15) is 9.67 Å². The molecule has 1 heterocycles. The van der Waals surface area contributed by atoms with E-state index in [4.69, 9.17) is 4.74 Å². The summed E-state index contributed by atoms with van der Waals surface area (Å²) < 4.78 is 5.74. The SMILES string of the molecule is O=Cc1ccc(-c2ccc(Oc3ccccc3)cc2)s1. The molecule has 2 aromatic carbocycles. The summed E-state index contributed by atoms with van der Waals surface area (Å²) in [6, 6.07) is 21.3. The van der Waals surface area contributed by atoms with Crippen LogP contribution in [0.2, 0.25) is 0 Å². The zero-order valence-electron chi connectivity index (χ0n) is 10.7. The zero-order chi connectivity index (χ0) is 13.8. The van der Waals surface area contributed by atoms with Crippen molar-refractivity contribution in [2.45, 2.75) is 0 Å². The second kappa shape index (κ2) is 5.72. The maximum absolute atomic E-state index is 10.7. The van der Waals surface area contributed by atoms with Gasteiger partial charge in [0.2, 0.25) is 0 Å². The molecule has 3 heteroatoms. The molecule has 98 valence electrons. The summed E-state index contributed by atoms with van der Waals surface area (Å²) in [5.74, 6) is 1.62. The predicted octanol–water partition coefficient (Wildman–Crippen LogP) is 5.02. The molecule has 3 aromatic rings. The normalized spacial score (nSPS) is 10.2. The molecule has 0 atom stereocenters. The highest BCUT2D eigenvalue weighted by atomic mass is 32.1. The number of para-hydroxylation sites is 1. The largest absolute Gasteiger partial charge is 0.457 e. The molecule has 0 radical (unpaired) electrons. The van der Waals surface area contributed by atoms with Crippen LogP contribution < -0.4 is 4.74 Å². The van der Waals surface area contributed by atoms with E-state index in [1.165, 1.54) is 11.3 Å². The number of carbonyl (C=O) groups excluding carboxylic acids is 1. The molecule has 0 amide bonds. The minimum Gasteiger partial charge on any atom is -0.457 e. The smallest absolute Gasteiger partial charge is 0.160 e.